The van der Waals surface area contributed by atoms with E-state index in [-0.39, 0.29) is 18.4 Å². The average molecular weight is 278 g/mol. The van der Waals surface area contributed by atoms with Gasteiger partial charge in [0.15, 0.2) is 0 Å². The van der Waals surface area contributed by atoms with Crippen LogP contribution in [0.25, 0.3) is 0 Å². The summed E-state index contributed by atoms with van der Waals surface area (Å²) in [7, 11) is -3.63. The molecule has 0 saturated carbocycles. The first kappa shape index (κ1) is 14.4. The zero-order valence-corrected chi connectivity index (χ0v) is 10.9. The molecule has 0 aromatic heterocycles. The van der Waals surface area contributed by atoms with E-state index in [1.165, 1.54) is 4.31 Å². The third-order valence-corrected chi connectivity index (χ3v) is 3.80. The van der Waals surface area contributed by atoms with Crippen LogP contribution in [0.15, 0.2) is 30.3 Å². The summed E-state index contributed by atoms with van der Waals surface area (Å²) in [4.78, 5) is 0. The summed E-state index contributed by atoms with van der Waals surface area (Å²) in [6, 6.07) is 9.31. The second-order valence-corrected chi connectivity index (χ2v) is 5.29. The Balaban J connectivity index is 0.00000144. The van der Waals surface area contributed by atoms with Gasteiger partial charge in [0.25, 0.3) is 10.2 Å². The molecule has 1 aliphatic rings. The zero-order valence-electron chi connectivity index (χ0n) is 9.24. The molecule has 1 atom stereocenters. The van der Waals surface area contributed by atoms with Crippen molar-refractivity contribution in [1.29, 1.82) is 0 Å². The van der Waals surface area contributed by atoms with E-state index in [9.17, 15) is 8.42 Å². The molecular weight excluding hydrogens is 262 g/mol. The molecule has 0 radical (unpaired) electrons. The summed E-state index contributed by atoms with van der Waals surface area (Å²) in [5.74, 6) is 0. The van der Waals surface area contributed by atoms with Crippen molar-refractivity contribution in [2.75, 3.05) is 19.6 Å². The van der Waals surface area contributed by atoms with Gasteiger partial charge in [-0.2, -0.15) is 12.7 Å². The molecule has 1 fully saturated rings. The van der Waals surface area contributed by atoms with Gasteiger partial charge in [-0.3, -0.25) is 0 Å². The Morgan fingerprint density at radius 3 is 2.53 bits per heavy atom. The monoisotopic (exact) mass is 277 g/mol. The van der Waals surface area contributed by atoms with Gasteiger partial charge in [0.2, 0.25) is 0 Å². The van der Waals surface area contributed by atoms with Crippen LogP contribution in [0.3, 0.4) is 0 Å². The van der Waals surface area contributed by atoms with Crippen LogP contribution < -0.4 is 10.5 Å². The fourth-order valence-electron chi connectivity index (χ4n) is 1.95. The number of nitrogens with zero attached hydrogens (tertiary/aromatic N) is 1. The molecule has 1 aromatic rings. The maximum Gasteiger partial charge on any atom is 0.277 e. The number of halogens is 1. The van der Waals surface area contributed by atoms with Crippen LogP contribution in [0, 0.1) is 0 Å². The fraction of sp³-hybridized carbons (Fsp3) is 0.400. The van der Waals surface area contributed by atoms with Gasteiger partial charge in [0.1, 0.15) is 0 Å². The lowest BCUT2D eigenvalue weighted by Gasteiger charge is -2.33. The maximum absolute atomic E-state index is 11.4. The summed E-state index contributed by atoms with van der Waals surface area (Å²) >= 11 is 0. The molecule has 1 heterocycles. The van der Waals surface area contributed by atoms with Gasteiger partial charge in [0, 0.05) is 19.6 Å². The van der Waals surface area contributed by atoms with Gasteiger partial charge < -0.3 is 5.32 Å². The van der Waals surface area contributed by atoms with Crippen molar-refractivity contribution in [3.05, 3.63) is 35.9 Å². The van der Waals surface area contributed by atoms with Gasteiger partial charge in [-0.1, -0.05) is 30.3 Å². The topological polar surface area (TPSA) is 75.4 Å². The summed E-state index contributed by atoms with van der Waals surface area (Å²) in [6.07, 6.45) is 0. The van der Waals surface area contributed by atoms with Crippen LogP contribution in [0.4, 0.5) is 0 Å². The highest BCUT2D eigenvalue weighted by atomic mass is 35.5. The van der Waals surface area contributed by atoms with Gasteiger partial charge >= 0.3 is 0 Å². The molecule has 0 amide bonds. The van der Waals surface area contributed by atoms with Crippen molar-refractivity contribution in [3.63, 3.8) is 0 Å². The van der Waals surface area contributed by atoms with Crippen molar-refractivity contribution in [3.8, 4) is 0 Å². The quantitative estimate of drug-likeness (QED) is 0.814. The van der Waals surface area contributed by atoms with Gasteiger partial charge in [-0.05, 0) is 5.56 Å². The lowest BCUT2D eigenvalue weighted by Crippen LogP contribution is -2.50. The second-order valence-electron chi connectivity index (χ2n) is 3.79. The molecule has 2 rings (SSSR count). The molecule has 1 aliphatic heterocycles. The molecular formula is C10H16ClN3O2S. The van der Waals surface area contributed by atoms with Gasteiger partial charge in [-0.15, -0.1) is 12.4 Å². The van der Waals surface area contributed by atoms with E-state index in [1.807, 2.05) is 30.3 Å². The van der Waals surface area contributed by atoms with Crippen LogP contribution in [-0.2, 0) is 10.2 Å². The predicted molar refractivity (Wildman–Crippen MR) is 69.1 cm³/mol. The number of benzene rings is 1. The first-order chi connectivity index (χ1) is 7.59. The van der Waals surface area contributed by atoms with E-state index >= 15 is 0 Å². The van der Waals surface area contributed by atoms with Crippen molar-refractivity contribution in [2.24, 2.45) is 5.14 Å². The minimum Gasteiger partial charge on any atom is -0.313 e. The van der Waals surface area contributed by atoms with Crippen LogP contribution >= 0.6 is 12.4 Å². The van der Waals surface area contributed by atoms with E-state index in [1.54, 1.807) is 0 Å². The number of hydrogen-bond acceptors (Lipinski definition) is 3. The minimum absolute atomic E-state index is 0. The smallest absolute Gasteiger partial charge is 0.277 e. The summed E-state index contributed by atoms with van der Waals surface area (Å²) in [5, 5.41) is 8.38. The third-order valence-electron chi connectivity index (χ3n) is 2.71. The van der Waals surface area contributed by atoms with Gasteiger partial charge in [0.05, 0.1) is 6.04 Å². The van der Waals surface area contributed by atoms with E-state index < -0.39 is 10.2 Å². The molecule has 0 bridgehead atoms. The molecule has 1 aromatic carbocycles. The van der Waals surface area contributed by atoms with Crippen LogP contribution in [0.1, 0.15) is 11.6 Å². The summed E-state index contributed by atoms with van der Waals surface area (Å²) in [6.45, 7) is 1.65. The SMILES string of the molecule is Cl.NS(=O)(=O)N1CCNCC1c1ccccc1. The second kappa shape index (κ2) is 5.79. The fourth-order valence-corrected chi connectivity index (χ4v) is 2.85. The Hall–Kier alpha value is -0.660. The van der Waals surface area contributed by atoms with E-state index in [0.29, 0.717) is 19.6 Å². The first-order valence-corrected chi connectivity index (χ1v) is 6.64. The average Bonchev–Trinajstić information content (AvgIpc) is 2.29. The lowest BCUT2D eigenvalue weighted by molar-refractivity contribution is 0.272. The van der Waals surface area contributed by atoms with Crippen molar-refractivity contribution in [1.82, 2.24) is 9.62 Å². The normalized spacial score (nSPS) is 21.8. The summed E-state index contributed by atoms with van der Waals surface area (Å²) < 4.78 is 24.2. The van der Waals surface area contributed by atoms with E-state index in [2.05, 4.69) is 5.32 Å². The molecule has 7 heteroatoms. The Labute approximate surface area is 108 Å². The minimum atomic E-state index is -3.63. The van der Waals surface area contributed by atoms with E-state index in [0.717, 1.165) is 5.56 Å². The third kappa shape index (κ3) is 3.40. The predicted octanol–water partition coefficient (Wildman–Crippen LogP) is 0.258. The number of hydrogen-bond donors (Lipinski definition) is 2. The van der Waals surface area contributed by atoms with Crippen LogP contribution in [0.2, 0.25) is 0 Å². The summed E-state index contributed by atoms with van der Waals surface area (Å²) in [5.41, 5.74) is 0.962. The molecule has 3 N–H and O–H groups in total. The lowest BCUT2D eigenvalue weighted by atomic mass is 10.1. The highest BCUT2D eigenvalue weighted by molar-refractivity contribution is 7.86. The number of piperazine rings is 1. The van der Waals surface area contributed by atoms with Crippen LogP contribution in [0.5, 0.6) is 0 Å². The Kier molecular flexibility index (Phi) is 4.91. The molecule has 5 nitrogen and oxygen atoms in total. The van der Waals surface area contributed by atoms with Gasteiger partial charge in [-0.25, -0.2) is 5.14 Å². The maximum atomic E-state index is 11.4. The Bertz CT molecular complexity index is 452. The molecule has 1 unspecified atom stereocenters. The Morgan fingerprint density at radius 2 is 1.94 bits per heavy atom. The Morgan fingerprint density at radius 1 is 1.29 bits per heavy atom. The highest BCUT2D eigenvalue weighted by Crippen LogP contribution is 2.23. The van der Waals surface area contributed by atoms with Crippen molar-refractivity contribution >= 4 is 22.6 Å². The zero-order chi connectivity index (χ0) is 11.6. The first-order valence-electron chi connectivity index (χ1n) is 5.14. The molecule has 17 heavy (non-hydrogen) atoms. The molecule has 0 spiro atoms. The number of nitrogens with two attached hydrogens (primary N) is 1. The molecule has 0 aliphatic carbocycles. The number of nitrogens with one attached hydrogen (secondary N) is 1. The molecule has 1 saturated heterocycles. The number of rotatable bonds is 2. The van der Waals surface area contributed by atoms with Crippen molar-refractivity contribution < 1.29 is 8.42 Å². The van der Waals surface area contributed by atoms with E-state index in [4.69, 9.17) is 5.14 Å². The standard InChI is InChI=1S/C10H15N3O2S.ClH/c11-16(14,15)13-7-6-12-8-10(13)9-4-2-1-3-5-9;/h1-5,10,12H,6-8H2,(H2,11,14,15);1H. The van der Waals surface area contributed by atoms with Crippen LogP contribution in [-0.4, -0.2) is 32.4 Å². The molecule has 96 valence electrons. The highest BCUT2D eigenvalue weighted by Gasteiger charge is 2.30. The largest absolute Gasteiger partial charge is 0.313 e. The van der Waals surface area contributed by atoms with Crippen molar-refractivity contribution in [2.45, 2.75) is 6.04 Å².